The number of aryl methyl sites for hydroxylation is 1. The summed E-state index contributed by atoms with van der Waals surface area (Å²) in [6, 6.07) is 15.1. The number of para-hydroxylation sites is 1. The molecule has 1 N–H and O–H groups in total. The number of nitrogens with one attached hydrogen (secondary N) is 1. The van der Waals surface area contributed by atoms with E-state index in [9.17, 15) is 13.2 Å². The van der Waals surface area contributed by atoms with Crippen molar-refractivity contribution in [3.8, 4) is 5.75 Å². The van der Waals surface area contributed by atoms with Crippen molar-refractivity contribution >= 4 is 27.3 Å². The van der Waals surface area contributed by atoms with Gasteiger partial charge in [-0.2, -0.15) is 0 Å². The molecule has 0 spiro atoms. The molecule has 1 amide bonds. The van der Waals surface area contributed by atoms with Crippen molar-refractivity contribution < 1.29 is 17.9 Å². The van der Waals surface area contributed by atoms with Crippen molar-refractivity contribution in [3.05, 3.63) is 54.1 Å². The molecule has 0 unspecified atom stereocenters. The number of rotatable bonds is 6. The second-order valence-electron chi connectivity index (χ2n) is 6.92. The van der Waals surface area contributed by atoms with Crippen LogP contribution < -0.4 is 19.3 Å². The van der Waals surface area contributed by atoms with Gasteiger partial charge in [-0.3, -0.25) is 9.10 Å². The summed E-state index contributed by atoms with van der Waals surface area (Å²) in [6.45, 7) is 2.87. The molecule has 1 atom stereocenters. The van der Waals surface area contributed by atoms with E-state index in [1.807, 2.05) is 55.3 Å². The number of sulfonamides is 1. The zero-order chi connectivity index (χ0) is 20.3. The van der Waals surface area contributed by atoms with Gasteiger partial charge in [0.15, 0.2) is 6.10 Å². The Morgan fingerprint density at radius 2 is 1.96 bits per heavy atom. The Bertz CT molecular complexity index is 947. The fourth-order valence-electron chi connectivity index (χ4n) is 3.08. The van der Waals surface area contributed by atoms with Crippen molar-refractivity contribution in [1.29, 1.82) is 0 Å². The summed E-state index contributed by atoms with van der Waals surface area (Å²) >= 11 is 0. The van der Waals surface area contributed by atoms with E-state index in [0.29, 0.717) is 24.5 Å². The average molecular weight is 404 g/mol. The maximum atomic E-state index is 12.6. The predicted molar refractivity (Wildman–Crippen MR) is 111 cm³/mol. The molecule has 8 heteroatoms. The Kier molecular flexibility index (Phi) is 5.79. The van der Waals surface area contributed by atoms with E-state index in [4.69, 9.17) is 4.74 Å². The van der Waals surface area contributed by atoms with E-state index >= 15 is 0 Å². The van der Waals surface area contributed by atoms with Gasteiger partial charge in [0.2, 0.25) is 10.0 Å². The molecule has 1 aliphatic rings. The van der Waals surface area contributed by atoms with Crippen LogP contribution in [0.1, 0.15) is 5.56 Å². The Morgan fingerprint density at radius 1 is 1.25 bits per heavy atom. The SMILES string of the molecule is Cc1ccc2c(c1)N(S(C)(=O)=O)C[C@H](C(=O)NCCN(C)c1ccccc1)O2. The minimum absolute atomic E-state index is 0.0460. The molecule has 3 rings (SSSR count). The molecular weight excluding hydrogens is 378 g/mol. The summed E-state index contributed by atoms with van der Waals surface area (Å²) < 4.78 is 31.5. The van der Waals surface area contributed by atoms with Gasteiger partial charge in [0.05, 0.1) is 18.5 Å². The van der Waals surface area contributed by atoms with Crippen LogP contribution in [0.15, 0.2) is 48.5 Å². The number of amides is 1. The molecule has 0 aliphatic carbocycles. The van der Waals surface area contributed by atoms with Crippen LogP contribution in [0.3, 0.4) is 0 Å². The summed E-state index contributed by atoms with van der Waals surface area (Å²) in [7, 11) is -1.58. The standard InChI is InChI=1S/C20H25N3O4S/c1-15-9-10-18-17(13-15)23(28(3,25)26)14-19(27-18)20(24)21-11-12-22(2)16-7-5-4-6-8-16/h4-10,13,19H,11-12,14H2,1-3H3,(H,21,24)/t19-/m1/s1. The minimum atomic E-state index is -3.53. The number of hydrogen-bond acceptors (Lipinski definition) is 5. The van der Waals surface area contributed by atoms with Gasteiger partial charge in [-0.05, 0) is 36.8 Å². The molecule has 150 valence electrons. The monoisotopic (exact) mass is 403 g/mol. The number of carbonyl (C=O) groups is 1. The van der Waals surface area contributed by atoms with Gasteiger partial charge < -0.3 is 15.0 Å². The second kappa shape index (κ2) is 8.10. The Labute approximate surface area is 166 Å². The summed E-state index contributed by atoms with van der Waals surface area (Å²) in [5.74, 6) is 0.0603. The van der Waals surface area contributed by atoms with Gasteiger partial charge in [0, 0.05) is 25.8 Å². The maximum absolute atomic E-state index is 12.6. The fourth-order valence-corrected chi connectivity index (χ4v) is 3.99. The first-order valence-electron chi connectivity index (χ1n) is 9.04. The predicted octanol–water partition coefficient (Wildman–Crippen LogP) is 1.77. The topological polar surface area (TPSA) is 79.0 Å². The lowest BCUT2D eigenvalue weighted by Crippen LogP contribution is -2.51. The van der Waals surface area contributed by atoms with Crippen molar-refractivity contribution in [3.63, 3.8) is 0 Å². The van der Waals surface area contributed by atoms with Crippen molar-refractivity contribution in [2.75, 3.05) is 42.1 Å². The molecule has 1 heterocycles. The molecule has 0 bridgehead atoms. The van der Waals surface area contributed by atoms with Crippen LogP contribution in [0.25, 0.3) is 0 Å². The third-order valence-electron chi connectivity index (χ3n) is 4.62. The highest BCUT2D eigenvalue weighted by molar-refractivity contribution is 7.92. The van der Waals surface area contributed by atoms with Gasteiger partial charge in [-0.15, -0.1) is 0 Å². The van der Waals surface area contributed by atoms with E-state index in [0.717, 1.165) is 17.5 Å². The van der Waals surface area contributed by atoms with Gasteiger partial charge in [-0.25, -0.2) is 8.42 Å². The summed E-state index contributed by atoms with van der Waals surface area (Å²) in [5, 5.41) is 2.84. The van der Waals surface area contributed by atoms with Gasteiger partial charge in [0.25, 0.3) is 5.91 Å². The Balaban J connectivity index is 1.65. The number of nitrogens with zero attached hydrogens (tertiary/aromatic N) is 2. The van der Waals surface area contributed by atoms with Crippen molar-refractivity contribution in [2.24, 2.45) is 0 Å². The molecule has 0 saturated heterocycles. The minimum Gasteiger partial charge on any atom is -0.476 e. The molecule has 7 nitrogen and oxygen atoms in total. The zero-order valence-electron chi connectivity index (χ0n) is 16.3. The maximum Gasteiger partial charge on any atom is 0.263 e. The molecule has 28 heavy (non-hydrogen) atoms. The first-order valence-corrected chi connectivity index (χ1v) is 10.9. The smallest absolute Gasteiger partial charge is 0.263 e. The second-order valence-corrected chi connectivity index (χ2v) is 8.83. The number of likely N-dealkylation sites (N-methyl/N-ethyl adjacent to an activating group) is 1. The first kappa shape index (κ1) is 20.0. The van der Waals surface area contributed by atoms with Crippen LogP contribution in [0.4, 0.5) is 11.4 Å². The fraction of sp³-hybridized carbons (Fsp3) is 0.350. The lowest BCUT2D eigenvalue weighted by molar-refractivity contribution is -0.127. The number of hydrogen-bond donors (Lipinski definition) is 1. The van der Waals surface area contributed by atoms with E-state index in [2.05, 4.69) is 5.32 Å². The van der Waals surface area contributed by atoms with E-state index in [1.54, 1.807) is 12.1 Å². The first-order chi connectivity index (χ1) is 13.3. The van der Waals surface area contributed by atoms with Crippen LogP contribution in [0.5, 0.6) is 5.75 Å². The number of anilines is 2. The molecule has 2 aromatic carbocycles. The molecule has 0 saturated carbocycles. The highest BCUT2D eigenvalue weighted by atomic mass is 32.2. The van der Waals surface area contributed by atoms with Crippen LogP contribution >= 0.6 is 0 Å². The average Bonchev–Trinajstić information content (AvgIpc) is 2.66. The zero-order valence-corrected chi connectivity index (χ0v) is 17.1. The third-order valence-corrected chi connectivity index (χ3v) is 5.77. The number of ether oxygens (including phenoxy) is 1. The molecule has 0 aromatic heterocycles. The van der Waals surface area contributed by atoms with E-state index in [1.165, 1.54) is 4.31 Å². The van der Waals surface area contributed by atoms with Crippen LogP contribution in [-0.2, 0) is 14.8 Å². The number of carbonyl (C=O) groups excluding carboxylic acids is 1. The summed E-state index contributed by atoms with van der Waals surface area (Å²) in [6.07, 6.45) is 0.237. The lowest BCUT2D eigenvalue weighted by atomic mass is 10.1. The Hall–Kier alpha value is -2.74. The summed E-state index contributed by atoms with van der Waals surface area (Å²) in [4.78, 5) is 14.6. The van der Waals surface area contributed by atoms with Gasteiger partial charge in [-0.1, -0.05) is 24.3 Å². The molecule has 1 aliphatic heterocycles. The highest BCUT2D eigenvalue weighted by Gasteiger charge is 2.34. The van der Waals surface area contributed by atoms with Crippen molar-refractivity contribution in [1.82, 2.24) is 5.32 Å². The summed E-state index contributed by atoms with van der Waals surface area (Å²) in [5.41, 5.74) is 2.44. The molecule has 0 radical (unpaired) electrons. The quantitative estimate of drug-likeness (QED) is 0.795. The highest BCUT2D eigenvalue weighted by Crippen LogP contribution is 2.35. The molecule has 0 fully saturated rings. The van der Waals surface area contributed by atoms with E-state index < -0.39 is 16.1 Å². The van der Waals surface area contributed by atoms with Gasteiger partial charge in [0.1, 0.15) is 5.75 Å². The van der Waals surface area contributed by atoms with Crippen LogP contribution in [0, 0.1) is 6.92 Å². The normalized spacial score (nSPS) is 16.1. The number of benzene rings is 2. The third kappa shape index (κ3) is 4.56. The van der Waals surface area contributed by atoms with Gasteiger partial charge >= 0.3 is 0 Å². The van der Waals surface area contributed by atoms with Crippen LogP contribution in [-0.4, -0.2) is 53.4 Å². The largest absolute Gasteiger partial charge is 0.476 e. The van der Waals surface area contributed by atoms with Crippen LogP contribution in [0.2, 0.25) is 0 Å². The van der Waals surface area contributed by atoms with Crippen molar-refractivity contribution in [2.45, 2.75) is 13.0 Å². The molecular formula is C20H25N3O4S. The number of fused-ring (bicyclic) bond motifs is 1. The van der Waals surface area contributed by atoms with E-state index in [-0.39, 0.29) is 12.5 Å². The lowest BCUT2D eigenvalue weighted by Gasteiger charge is -2.34. The Morgan fingerprint density at radius 3 is 2.64 bits per heavy atom. The molecule has 2 aromatic rings.